The number of amides is 4. The van der Waals surface area contributed by atoms with Gasteiger partial charge in [-0.15, -0.1) is 5.06 Å². The number of hydroxylamine groups is 2. The highest BCUT2D eigenvalue weighted by molar-refractivity contribution is 8.00. The smallest absolute Gasteiger partial charge is 0.335 e. The molecule has 0 aliphatic carbocycles. The molecule has 0 spiro atoms. The lowest BCUT2D eigenvalue weighted by Gasteiger charge is -2.27. The van der Waals surface area contributed by atoms with E-state index in [2.05, 4.69) is 12.2 Å². The first-order valence-electron chi connectivity index (χ1n) is 16.0. The fraction of sp³-hybridized carbons (Fsp3) is 0.833. The molecule has 0 aromatic rings. The molecule has 0 unspecified atom stereocenters. The molecule has 44 heavy (non-hydrogen) atoms. The lowest BCUT2D eigenvalue weighted by Crippen LogP contribution is -2.41. The van der Waals surface area contributed by atoms with E-state index >= 15 is 0 Å². The number of carbonyl (C=O) groups excluding carboxylic acids is 5. The van der Waals surface area contributed by atoms with Crippen molar-refractivity contribution < 1.29 is 47.8 Å². The van der Waals surface area contributed by atoms with Crippen molar-refractivity contribution >= 4 is 41.4 Å². The van der Waals surface area contributed by atoms with Gasteiger partial charge in [-0.05, 0) is 25.7 Å². The molecular weight excluding hydrogens is 594 g/mol. The van der Waals surface area contributed by atoms with Crippen LogP contribution in [-0.2, 0) is 43.0 Å². The molecule has 0 radical (unpaired) electrons. The summed E-state index contributed by atoms with van der Waals surface area (Å²) in [6.45, 7) is 5.93. The number of thioether (sulfide) groups is 1. The van der Waals surface area contributed by atoms with E-state index in [4.69, 9.17) is 23.8 Å². The summed E-state index contributed by atoms with van der Waals surface area (Å²) in [6.07, 6.45) is 6.95. The summed E-state index contributed by atoms with van der Waals surface area (Å²) in [6, 6.07) is 0.653. The van der Waals surface area contributed by atoms with E-state index in [0.29, 0.717) is 75.3 Å². The van der Waals surface area contributed by atoms with Crippen LogP contribution in [0.25, 0.3) is 0 Å². The Hall–Kier alpha value is -2.26. The van der Waals surface area contributed by atoms with Gasteiger partial charge in [0.2, 0.25) is 0 Å². The number of carbonyl (C=O) groups is 5. The third kappa shape index (κ3) is 12.6. The van der Waals surface area contributed by atoms with Crippen LogP contribution in [0.2, 0.25) is 0 Å². The second kappa shape index (κ2) is 20.7. The molecule has 0 aromatic carbocycles. The molecule has 3 atom stereocenters. The van der Waals surface area contributed by atoms with Crippen molar-refractivity contribution in [2.24, 2.45) is 0 Å². The topological polar surface area (TPSA) is 150 Å². The predicted molar refractivity (Wildman–Crippen MR) is 162 cm³/mol. The SMILES string of the molecule is CCCCN1C(=O)N[C@H]2CS[C@@H](CCCCC(=O)CCCOCCOCCOCCOCCC(=O)ON3C(=O)CCC3=O)[C@H]21. The number of hydrogen-bond donors (Lipinski definition) is 1. The van der Waals surface area contributed by atoms with E-state index in [-0.39, 0.29) is 50.3 Å². The molecule has 0 aromatic heterocycles. The molecule has 3 fully saturated rings. The van der Waals surface area contributed by atoms with Crippen molar-refractivity contribution in [1.29, 1.82) is 0 Å². The summed E-state index contributed by atoms with van der Waals surface area (Å²) in [5, 5.41) is 4.12. The molecule has 3 heterocycles. The van der Waals surface area contributed by atoms with Gasteiger partial charge < -0.3 is 34.0 Å². The van der Waals surface area contributed by atoms with Gasteiger partial charge in [-0.1, -0.05) is 19.8 Å². The molecule has 250 valence electrons. The Bertz CT molecular complexity index is 923. The predicted octanol–water partition coefficient (Wildman–Crippen LogP) is 2.64. The maximum absolute atomic E-state index is 12.3. The summed E-state index contributed by atoms with van der Waals surface area (Å²) in [4.78, 5) is 65.8. The first kappa shape index (κ1) is 36.2. The van der Waals surface area contributed by atoms with Gasteiger partial charge in [0.25, 0.3) is 11.8 Å². The Labute approximate surface area is 264 Å². The molecule has 3 aliphatic heterocycles. The third-order valence-corrected chi connectivity index (χ3v) is 9.16. The van der Waals surface area contributed by atoms with Gasteiger partial charge in [-0.2, -0.15) is 11.8 Å². The number of Topliss-reactive ketones (excluding diaryl/α,β-unsaturated/α-hetero) is 1. The highest BCUT2D eigenvalue weighted by atomic mass is 32.2. The Morgan fingerprint density at radius 2 is 1.41 bits per heavy atom. The molecule has 3 aliphatic rings. The molecule has 0 saturated carbocycles. The monoisotopic (exact) mass is 643 g/mol. The van der Waals surface area contributed by atoms with Crippen LogP contribution in [0, 0.1) is 0 Å². The second-order valence-corrected chi connectivity index (χ2v) is 12.4. The summed E-state index contributed by atoms with van der Waals surface area (Å²) in [5.41, 5.74) is 0. The number of fused-ring (bicyclic) bond motifs is 1. The Morgan fingerprint density at radius 1 is 0.795 bits per heavy atom. The van der Waals surface area contributed by atoms with Crippen LogP contribution in [-0.4, -0.2) is 122 Å². The first-order valence-corrected chi connectivity index (χ1v) is 17.0. The van der Waals surface area contributed by atoms with Crippen molar-refractivity contribution in [2.45, 2.75) is 94.9 Å². The number of nitrogens with zero attached hydrogens (tertiary/aromatic N) is 2. The van der Waals surface area contributed by atoms with Crippen LogP contribution in [0.5, 0.6) is 0 Å². The van der Waals surface area contributed by atoms with Crippen molar-refractivity contribution in [3.63, 3.8) is 0 Å². The molecule has 4 amide bonds. The van der Waals surface area contributed by atoms with Crippen LogP contribution in [0.4, 0.5) is 4.79 Å². The average molecular weight is 644 g/mol. The van der Waals surface area contributed by atoms with E-state index in [1.54, 1.807) is 0 Å². The van der Waals surface area contributed by atoms with E-state index < -0.39 is 17.8 Å². The maximum Gasteiger partial charge on any atom is 0.335 e. The van der Waals surface area contributed by atoms with Crippen molar-refractivity contribution in [2.75, 3.05) is 65.2 Å². The number of urea groups is 1. The molecule has 13 nitrogen and oxygen atoms in total. The molecule has 1 N–H and O–H groups in total. The Kier molecular flexibility index (Phi) is 17.0. The fourth-order valence-corrected chi connectivity index (χ4v) is 6.93. The third-order valence-electron chi connectivity index (χ3n) is 7.67. The van der Waals surface area contributed by atoms with Crippen molar-refractivity contribution in [1.82, 2.24) is 15.3 Å². The normalized spacial score (nSPS) is 21.3. The zero-order chi connectivity index (χ0) is 31.6. The minimum atomic E-state index is -0.698. The molecule has 14 heteroatoms. The highest BCUT2D eigenvalue weighted by Crippen LogP contribution is 2.37. The minimum absolute atomic E-state index is 0.0599. The van der Waals surface area contributed by atoms with Gasteiger partial charge >= 0.3 is 12.0 Å². The maximum atomic E-state index is 12.3. The Balaban J connectivity index is 1.04. The summed E-state index contributed by atoms with van der Waals surface area (Å²) in [7, 11) is 0. The molecule has 3 rings (SSSR count). The summed E-state index contributed by atoms with van der Waals surface area (Å²) >= 11 is 1.96. The largest absolute Gasteiger partial charge is 0.379 e. The summed E-state index contributed by atoms with van der Waals surface area (Å²) in [5.74, 6) is -0.455. The minimum Gasteiger partial charge on any atom is -0.379 e. The van der Waals surface area contributed by atoms with Crippen molar-refractivity contribution in [3.05, 3.63) is 0 Å². The number of nitrogens with one attached hydrogen (secondary N) is 1. The van der Waals surface area contributed by atoms with Crippen LogP contribution >= 0.6 is 11.8 Å². The zero-order valence-corrected chi connectivity index (χ0v) is 26.8. The van der Waals surface area contributed by atoms with E-state index in [1.165, 1.54) is 0 Å². The number of rotatable bonds is 25. The number of ketones is 1. The standard InChI is InChI=1S/C30H49N3O10S/c1-2-3-13-32-29-24(31-30(32)38)22-44-25(29)9-5-4-7-23(34)8-6-14-39-16-18-41-20-21-42-19-17-40-15-12-28(37)43-33-26(35)10-11-27(33)36/h24-25,29H,2-22H2,1H3,(H,31,38)/t24-,25-,29-/m0/s1. The van der Waals surface area contributed by atoms with E-state index in [9.17, 15) is 24.0 Å². The lowest BCUT2D eigenvalue weighted by molar-refractivity contribution is -0.198. The lowest BCUT2D eigenvalue weighted by atomic mass is 10.0. The van der Waals surface area contributed by atoms with Crippen LogP contribution < -0.4 is 5.32 Å². The molecule has 0 bridgehead atoms. The van der Waals surface area contributed by atoms with Gasteiger partial charge in [-0.25, -0.2) is 9.59 Å². The molecule has 3 saturated heterocycles. The van der Waals surface area contributed by atoms with Gasteiger partial charge in [0.15, 0.2) is 0 Å². The van der Waals surface area contributed by atoms with E-state index in [1.807, 2.05) is 16.7 Å². The number of imide groups is 1. The number of hydrogen-bond acceptors (Lipinski definition) is 11. The number of unbranched alkanes of at least 4 members (excludes halogenated alkanes) is 2. The first-order chi connectivity index (χ1) is 21.4. The second-order valence-electron chi connectivity index (χ2n) is 11.1. The highest BCUT2D eigenvalue weighted by Gasteiger charge is 2.47. The van der Waals surface area contributed by atoms with Gasteiger partial charge in [-0.3, -0.25) is 14.4 Å². The van der Waals surface area contributed by atoms with Gasteiger partial charge in [0, 0.05) is 49.8 Å². The van der Waals surface area contributed by atoms with Crippen molar-refractivity contribution in [3.8, 4) is 0 Å². The molecular formula is C30H49N3O10S. The van der Waals surface area contributed by atoms with Crippen LogP contribution in [0.15, 0.2) is 0 Å². The van der Waals surface area contributed by atoms with E-state index in [0.717, 1.165) is 44.4 Å². The fourth-order valence-electron chi connectivity index (χ4n) is 5.33. The Morgan fingerprint density at radius 3 is 2.07 bits per heavy atom. The zero-order valence-electron chi connectivity index (χ0n) is 26.0. The number of ether oxygens (including phenoxy) is 4. The van der Waals surface area contributed by atoms with Gasteiger partial charge in [0.05, 0.1) is 64.8 Å². The van der Waals surface area contributed by atoms with Crippen LogP contribution in [0.1, 0.15) is 77.6 Å². The summed E-state index contributed by atoms with van der Waals surface area (Å²) < 4.78 is 21.7. The van der Waals surface area contributed by atoms with Crippen LogP contribution in [0.3, 0.4) is 0 Å². The quantitative estimate of drug-likeness (QED) is 0.0889. The average Bonchev–Trinajstić information content (AvgIpc) is 3.65. The van der Waals surface area contributed by atoms with Gasteiger partial charge in [0.1, 0.15) is 5.78 Å².